The molecule has 38 valence electrons. The highest BCUT2D eigenvalue weighted by molar-refractivity contribution is 14.1. The molecule has 0 spiro atoms. The smallest absolute Gasteiger partial charge is 0.0836 e. The number of halogens is 1. The van der Waals surface area contributed by atoms with E-state index in [1.54, 1.807) is 0 Å². The molecule has 0 amide bonds. The highest BCUT2D eigenvalue weighted by Crippen LogP contribution is 1.96. The molecular formula is C6H4BI. The Balaban J connectivity index is 3.13. The van der Waals surface area contributed by atoms with E-state index >= 15 is 0 Å². The van der Waals surface area contributed by atoms with Gasteiger partial charge in [-0.25, -0.2) is 0 Å². The zero-order chi connectivity index (χ0) is 5.98. The van der Waals surface area contributed by atoms with Gasteiger partial charge in [0.25, 0.3) is 0 Å². The SMILES string of the molecule is [B]c1ccccc1I. The first-order valence-corrected chi connectivity index (χ1v) is 3.38. The molecule has 0 aliphatic carbocycles. The van der Waals surface area contributed by atoms with E-state index in [4.69, 9.17) is 7.85 Å². The molecule has 2 radical (unpaired) electrons. The summed E-state index contributed by atoms with van der Waals surface area (Å²) in [6, 6.07) is 7.77. The van der Waals surface area contributed by atoms with Crippen LogP contribution in [0.3, 0.4) is 0 Å². The number of benzene rings is 1. The third kappa shape index (κ3) is 1.25. The minimum atomic E-state index is 0.855. The van der Waals surface area contributed by atoms with Crippen LogP contribution in [0, 0.1) is 3.57 Å². The van der Waals surface area contributed by atoms with Crippen LogP contribution in [0.4, 0.5) is 0 Å². The van der Waals surface area contributed by atoms with E-state index in [0.29, 0.717) is 0 Å². The lowest BCUT2D eigenvalue weighted by molar-refractivity contribution is 1.71. The molecule has 0 saturated heterocycles. The lowest BCUT2D eigenvalue weighted by atomic mass is 9.97. The largest absolute Gasteiger partial charge is 0.115 e. The van der Waals surface area contributed by atoms with Crippen LogP contribution in [-0.2, 0) is 0 Å². The highest BCUT2D eigenvalue weighted by Gasteiger charge is 1.85. The van der Waals surface area contributed by atoms with Gasteiger partial charge in [-0.1, -0.05) is 23.7 Å². The minimum absolute atomic E-state index is 0.855. The van der Waals surface area contributed by atoms with Crippen molar-refractivity contribution in [1.29, 1.82) is 0 Å². The Morgan fingerprint density at radius 1 is 1.25 bits per heavy atom. The zero-order valence-electron chi connectivity index (χ0n) is 4.26. The van der Waals surface area contributed by atoms with Crippen LogP contribution in [0.2, 0.25) is 0 Å². The molecule has 2 heteroatoms. The van der Waals surface area contributed by atoms with E-state index in [2.05, 4.69) is 22.6 Å². The van der Waals surface area contributed by atoms with E-state index in [-0.39, 0.29) is 0 Å². The molecule has 0 aromatic heterocycles. The molecular weight excluding hydrogens is 210 g/mol. The molecule has 8 heavy (non-hydrogen) atoms. The van der Waals surface area contributed by atoms with Crippen molar-refractivity contribution in [1.82, 2.24) is 0 Å². The van der Waals surface area contributed by atoms with Gasteiger partial charge in [0.15, 0.2) is 0 Å². The average Bonchev–Trinajstić information content (AvgIpc) is 1.77. The third-order valence-electron chi connectivity index (χ3n) is 0.905. The third-order valence-corrected chi connectivity index (χ3v) is 1.89. The van der Waals surface area contributed by atoms with Crippen molar-refractivity contribution in [2.24, 2.45) is 0 Å². The van der Waals surface area contributed by atoms with Gasteiger partial charge in [-0.15, -0.1) is 0 Å². The maximum atomic E-state index is 5.51. The monoisotopic (exact) mass is 214 g/mol. The minimum Gasteiger partial charge on any atom is -0.0836 e. The lowest BCUT2D eigenvalue weighted by Crippen LogP contribution is -2.04. The Hall–Kier alpha value is 0.0149. The van der Waals surface area contributed by atoms with Crippen molar-refractivity contribution in [3.63, 3.8) is 0 Å². The zero-order valence-corrected chi connectivity index (χ0v) is 6.42. The fourth-order valence-electron chi connectivity index (χ4n) is 0.475. The predicted molar refractivity (Wildman–Crippen MR) is 44.5 cm³/mol. The first-order valence-electron chi connectivity index (χ1n) is 2.31. The second-order valence-corrected chi connectivity index (χ2v) is 2.68. The first kappa shape index (κ1) is 6.14. The van der Waals surface area contributed by atoms with Crippen LogP contribution in [0.15, 0.2) is 24.3 Å². The summed E-state index contributed by atoms with van der Waals surface area (Å²) >= 11 is 2.20. The molecule has 0 N–H and O–H groups in total. The summed E-state index contributed by atoms with van der Waals surface area (Å²) in [5.74, 6) is 0. The molecule has 0 nitrogen and oxygen atoms in total. The fourth-order valence-corrected chi connectivity index (χ4v) is 0.862. The Labute approximate surface area is 63.8 Å². The van der Waals surface area contributed by atoms with E-state index < -0.39 is 0 Å². The average molecular weight is 214 g/mol. The number of hydrogen-bond donors (Lipinski definition) is 0. The first-order chi connectivity index (χ1) is 3.80. The van der Waals surface area contributed by atoms with Crippen LogP contribution in [-0.4, -0.2) is 7.85 Å². The molecule has 0 atom stereocenters. The van der Waals surface area contributed by atoms with Gasteiger partial charge < -0.3 is 0 Å². The molecule has 0 unspecified atom stereocenters. The van der Waals surface area contributed by atoms with Gasteiger partial charge in [-0.2, -0.15) is 0 Å². The number of rotatable bonds is 0. The van der Waals surface area contributed by atoms with Crippen molar-refractivity contribution in [2.75, 3.05) is 0 Å². The maximum Gasteiger partial charge on any atom is 0.115 e. The Morgan fingerprint density at radius 2 is 1.88 bits per heavy atom. The summed E-state index contributed by atoms with van der Waals surface area (Å²) in [4.78, 5) is 0. The van der Waals surface area contributed by atoms with Gasteiger partial charge in [-0.3, -0.25) is 0 Å². The quantitative estimate of drug-likeness (QED) is 0.447. The van der Waals surface area contributed by atoms with Gasteiger partial charge in [-0.05, 0) is 28.7 Å². The summed E-state index contributed by atoms with van der Waals surface area (Å²) in [5.41, 5.74) is 0.855. The van der Waals surface area contributed by atoms with E-state index in [1.807, 2.05) is 24.3 Å². The lowest BCUT2D eigenvalue weighted by Gasteiger charge is -1.92. The Bertz CT molecular complexity index is 165. The summed E-state index contributed by atoms with van der Waals surface area (Å²) in [7, 11) is 5.51. The predicted octanol–water partition coefficient (Wildman–Crippen LogP) is 1.08. The van der Waals surface area contributed by atoms with Gasteiger partial charge in [0.05, 0.1) is 0 Å². The molecule has 0 heterocycles. The van der Waals surface area contributed by atoms with E-state index in [9.17, 15) is 0 Å². The van der Waals surface area contributed by atoms with E-state index in [1.165, 1.54) is 0 Å². The second kappa shape index (κ2) is 2.53. The highest BCUT2D eigenvalue weighted by atomic mass is 127. The van der Waals surface area contributed by atoms with Crippen LogP contribution in [0.25, 0.3) is 0 Å². The van der Waals surface area contributed by atoms with Crippen molar-refractivity contribution in [3.8, 4) is 0 Å². The van der Waals surface area contributed by atoms with Crippen LogP contribution < -0.4 is 5.46 Å². The van der Waals surface area contributed by atoms with Crippen LogP contribution in [0.1, 0.15) is 0 Å². The summed E-state index contributed by atoms with van der Waals surface area (Å²) < 4.78 is 1.12. The van der Waals surface area contributed by atoms with Crippen molar-refractivity contribution < 1.29 is 0 Å². The molecule has 0 aliphatic heterocycles. The molecule has 0 saturated carbocycles. The molecule has 0 fully saturated rings. The van der Waals surface area contributed by atoms with Crippen LogP contribution in [0.5, 0.6) is 0 Å². The van der Waals surface area contributed by atoms with Gasteiger partial charge in [0, 0.05) is 3.57 Å². The standard InChI is InChI=1S/C6H4BI/c7-5-3-1-2-4-6(5)8/h1-4H. The molecule has 0 bridgehead atoms. The van der Waals surface area contributed by atoms with Gasteiger partial charge >= 0.3 is 0 Å². The number of hydrogen-bond acceptors (Lipinski definition) is 0. The normalized spacial score (nSPS) is 9.12. The molecule has 1 rings (SSSR count). The summed E-state index contributed by atoms with van der Waals surface area (Å²) in [6.45, 7) is 0. The van der Waals surface area contributed by atoms with Gasteiger partial charge in [0.2, 0.25) is 0 Å². The van der Waals surface area contributed by atoms with Crippen LogP contribution >= 0.6 is 22.6 Å². The van der Waals surface area contributed by atoms with Crippen molar-refractivity contribution in [2.45, 2.75) is 0 Å². The Morgan fingerprint density at radius 3 is 2.25 bits per heavy atom. The molecule has 1 aromatic carbocycles. The van der Waals surface area contributed by atoms with Crippen molar-refractivity contribution >= 4 is 35.9 Å². The summed E-state index contributed by atoms with van der Waals surface area (Å²) in [6.07, 6.45) is 0. The topological polar surface area (TPSA) is 0 Å². The van der Waals surface area contributed by atoms with Gasteiger partial charge in [0.1, 0.15) is 7.85 Å². The van der Waals surface area contributed by atoms with E-state index in [0.717, 1.165) is 9.03 Å². The second-order valence-electron chi connectivity index (χ2n) is 1.52. The summed E-state index contributed by atoms with van der Waals surface area (Å²) in [5, 5.41) is 0. The molecule has 0 aliphatic rings. The Kier molecular flexibility index (Phi) is 1.94. The maximum absolute atomic E-state index is 5.51. The molecule has 1 aromatic rings. The fraction of sp³-hybridized carbons (Fsp3) is 0. The van der Waals surface area contributed by atoms with Crippen molar-refractivity contribution in [3.05, 3.63) is 27.8 Å².